The Bertz CT molecular complexity index is 2380. The van der Waals surface area contributed by atoms with Gasteiger partial charge in [-0.15, -0.1) is 0 Å². The number of hydrogen-bond donors (Lipinski definition) is 3. The quantitative estimate of drug-likeness (QED) is 0.151. The number of hydrogen-bond acceptors (Lipinski definition) is 7. The number of aromatic amines is 1. The molecule has 0 fully saturated rings. The summed E-state index contributed by atoms with van der Waals surface area (Å²) in [5.74, 6) is -4.41. The number of aromatic nitrogens is 4. The third-order valence-corrected chi connectivity index (χ3v) is 9.53. The molecule has 3 N–H and O–H groups in total. The average Bonchev–Trinajstić information content (AvgIpc) is 3.51. The third kappa shape index (κ3) is 7.18. The number of imidazole rings is 1. The normalized spacial score (nSPS) is 12.6. The second-order valence-electron chi connectivity index (χ2n) is 12.4. The Balaban J connectivity index is 1.39. The van der Waals surface area contributed by atoms with E-state index >= 15 is 8.78 Å². The molecule has 3 heterocycles. The first kappa shape index (κ1) is 36.0. The maximum atomic E-state index is 16.4. The minimum atomic E-state index is -3.07. The van der Waals surface area contributed by atoms with Gasteiger partial charge < -0.3 is 24.5 Å². The Labute approximate surface area is 298 Å². The number of H-pyrrole nitrogens is 1. The lowest BCUT2D eigenvalue weighted by Crippen LogP contribution is -2.50. The van der Waals surface area contributed by atoms with E-state index in [0.29, 0.717) is 33.0 Å². The fourth-order valence-corrected chi connectivity index (χ4v) is 7.29. The van der Waals surface area contributed by atoms with Crippen molar-refractivity contribution in [3.63, 3.8) is 0 Å². The van der Waals surface area contributed by atoms with Gasteiger partial charge in [0, 0.05) is 42.2 Å². The first-order valence-corrected chi connectivity index (χ1v) is 17.2. The zero-order chi connectivity index (χ0) is 37.3. The molecular weight excluding hydrogens is 695 g/mol. The number of nitrogens with one attached hydrogen (secondary N) is 2. The average molecular weight is 728 g/mol. The Morgan fingerprint density at radius 3 is 2.44 bits per heavy atom. The molecule has 0 aliphatic carbocycles. The van der Waals surface area contributed by atoms with Crippen molar-refractivity contribution in [2.75, 3.05) is 10.8 Å². The molecule has 3 aromatic carbocycles. The number of benzene rings is 3. The standard InChI is InChI=1S/C37H34F2N6O6S/c1-20-14-21(2)32(22(3)15-20)45(52(50)51)29(37(48)49)18-41-36(47)26-19-44(13-11-23-8-5-4-6-9-23)33-25(34(26)46)16-27(38)24(31(33)39)17-30-42-28-10-7-12-40-35(28)43-30/h4-10,12,14-16,19,29H,11,13,17-18H2,1-3H3,(H,41,47)(H,48,49)(H,50,51)(H,40,42,43)/p-1. The van der Waals surface area contributed by atoms with Gasteiger partial charge in [0.2, 0.25) is 5.43 Å². The second kappa shape index (κ2) is 14.8. The van der Waals surface area contributed by atoms with E-state index in [9.17, 15) is 28.3 Å². The van der Waals surface area contributed by atoms with Gasteiger partial charge in [0.1, 0.15) is 17.2 Å². The third-order valence-electron chi connectivity index (χ3n) is 8.77. The molecule has 0 spiro atoms. The summed E-state index contributed by atoms with van der Waals surface area (Å²) in [7, 11) is 0. The molecule has 2 unspecified atom stereocenters. The van der Waals surface area contributed by atoms with Crippen LogP contribution in [0.4, 0.5) is 14.5 Å². The molecule has 0 aliphatic heterocycles. The second-order valence-corrected chi connectivity index (χ2v) is 13.3. The van der Waals surface area contributed by atoms with Crippen LogP contribution in [0, 0.1) is 32.4 Å². The molecule has 2 atom stereocenters. The topological polar surface area (TPSA) is 173 Å². The largest absolute Gasteiger partial charge is 0.755 e. The van der Waals surface area contributed by atoms with E-state index in [4.69, 9.17) is 0 Å². The molecule has 0 saturated carbocycles. The maximum absolute atomic E-state index is 16.4. The van der Waals surface area contributed by atoms with Crippen LogP contribution in [0.5, 0.6) is 0 Å². The first-order valence-electron chi connectivity index (χ1n) is 16.2. The minimum Gasteiger partial charge on any atom is -0.755 e. The highest BCUT2D eigenvalue weighted by Gasteiger charge is 2.31. The lowest BCUT2D eigenvalue weighted by atomic mass is 10.0. The summed E-state index contributed by atoms with van der Waals surface area (Å²) in [5, 5.41) is 12.1. The number of amides is 1. The number of aryl methyl sites for hydroxylation is 5. The summed E-state index contributed by atoms with van der Waals surface area (Å²) < 4.78 is 59.1. The number of carboxylic acid groups (broad SMARTS) is 1. The van der Waals surface area contributed by atoms with E-state index in [1.54, 1.807) is 38.1 Å². The number of aliphatic carboxylic acids is 1. The number of carbonyl (C=O) groups excluding carboxylic acids is 1. The summed E-state index contributed by atoms with van der Waals surface area (Å²) in [5.41, 5.74) is 1.68. The van der Waals surface area contributed by atoms with Crippen LogP contribution in [-0.4, -0.2) is 57.9 Å². The first-order chi connectivity index (χ1) is 24.8. The van der Waals surface area contributed by atoms with Gasteiger partial charge in [-0.25, -0.2) is 23.5 Å². The van der Waals surface area contributed by atoms with Gasteiger partial charge in [0.25, 0.3) is 5.91 Å². The fourth-order valence-electron chi connectivity index (χ4n) is 6.48. The lowest BCUT2D eigenvalue weighted by Gasteiger charge is -2.34. The molecule has 6 rings (SSSR count). The van der Waals surface area contributed by atoms with Gasteiger partial charge in [0.15, 0.2) is 17.5 Å². The number of anilines is 1. The van der Waals surface area contributed by atoms with Crippen molar-refractivity contribution in [3.8, 4) is 0 Å². The molecule has 0 radical (unpaired) electrons. The van der Waals surface area contributed by atoms with Crippen LogP contribution in [0.2, 0.25) is 0 Å². The maximum Gasteiger partial charge on any atom is 0.329 e. The SMILES string of the molecule is Cc1cc(C)c(N(C(CNC(=O)c2cn(CCc3ccccc3)c3c(F)c(Cc4nc5ncccc5[nH]4)c(F)cc3c2=O)C(=O)O)S(=O)[O-])c(C)c1. The predicted molar refractivity (Wildman–Crippen MR) is 191 cm³/mol. The number of carbonyl (C=O) groups is 2. The van der Waals surface area contributed by atoms with Gasteiger partial charge in [-0.1, -0.05) is 48.0 Å². The summed E-state index contributed by atoms with van der Waals surface area (Å²) in [6.07, 6.45) is 2.75. The molecule has 15 heteroatoms. The predicted octanol–water partition coefficient (Wildman–Crippen LogP) is 4.79. The highest BCUT2D eigenvalue weighted by atomic mass is 32.2. The van der Waals surface area contributed by atoms with E-state index in [1.807, 2.05) is 37.3 Å². The summed E-state index contributed by atoms with van der Waals surface area (Å²) in [6.45, 7) is 4.42. The summed E-state index contributed by atoms with van der Waals surface area (Å²) in [4.78, 5) is 51.3. The van der Waals surface area contributed by atoms with Gasteiger partial charge >= 0.3 is 5.97 Å². The lowest BCUT2D eigenvalue weighted by molar-refractivity contribution is -0.138. The van der Waals surface area contributed by atoms with Crippen molar-refractivity contribution in [1.82, 2.24) is 24.8 Å². The van der Waals surface area contributed by atoms with Crippen molar-refractivity contribution in [3.05, 3.63) is 134 Å². The Hall–Kier alpha value is -5.80. The molecule has 3 aromatic heterocycles. The molecular formula is C37H33F2N6O6S-. The summed E-state index contributed by atoms with van der Waals surface area (Å²) >= 11 is -3.07. The van der Waals surface area contributed by atoms with Gasteiger partial charge in [-0.2, -0.15) is 0 Å². The van der Waals surface area contributed by atoms with Crippen LogP contribution in [0.25, 0.3) is 22.1 Å². The van der Waals surface area contributed by atoms with E-state index < -0.39 is 63.7 Å². The number of fused-ring (bicyclic) bond motifs is 2. The van der Waals surface area contributed by atoms with E-state index in [1.165, 1.54) is 10.8 Å². The van der Waals surface area contributed by atoms with Gasteiger partial charge in [0.05, 0.1) is 28.7 Å². The molecule has 0 bridgehead atoms. The number of pyridine rings is 2. The number of rotatable bonds is 12. The van der Waals surface area contributed by atoms with E-state index in [0.717, 1.165) is 23.4 Å². The van der Waals surface area contributed by atoms with Crippen molar-refractivity contribution in [1.29, 1.82) is 0 Å². The van der Waals surface area contributed by atoms with Crippen molar-refractivity contribution in [2.45, 2.75) is 46.2 Å². The van der Waals surface area contributed by atoms with Crippen LogP contribution in [0.3, 0.4) is 0 Å². The molecule has 0 aliphatic rings. The molecule has 268 valence electrons. The zero-order valence-corrected chi connectivity index (χ0v) is 29.1. The number of nitrogens with zero attached hydrogens (tertiary/aromatic N) is 4. The summed E-state index contributed by atoms with van der Waals surface area (Å²) in [6, 6.07) is 15.1. The van der Waals surface area contributed by atoms with Crippen LogP contribution in [0.15, 0.2) is 77.9 Å². The van der Waals surface area contributed by atoms with Gasteiger partial charge in [-0.3, -0.25) is 18.1 Å². The highest BCUT2D eigenvalue weighted by Crippen LogP contribution is 2.30. The smallest absolute Gasteiger partial charge is 0.329 e. The monoisotopic (exact) mass is 727 g/mol. The van der Waals surface area contributed by atoms with E-state index in [2.05, 4.69) is 20.3 Å². The van der Waals surface area contributed by atoms with Gasteiger partial charge in [-0.05, 0) is 62.1 Å². The molecule has 12 nitrogen and oxygen atoms in total. The zero-order valence-electron chi connectivity index (χ0n) is 28.3. The van der Waals surface area contributed by atoms with Crippen LogP contribution >= 0.6 is 0 Å². The Morgan fingerprint density at radius 2 is 1.79 bits per heavy atom. The molecule has 6 aromatic rings. The molecule has 0 saturated heterocycles. The van der Waals surface area contributed by atoms with Crippen molar-refractivity contribution < 1.29 is 32.2 Å². The number of halogens is 2. The number of carboxylic acids is 1. The van der Waals surface area contributed by atoms with Crippen LogP contribution < -0.4 is 15.1 Å². The van der Waals surface area contributed by atoms with Crippen molar-refractivity contribution in [2.24, 2.45) is 0 Å². The van der Waals surface area contributed by atoms with Crippen molar-refractivity contribution >= 4 is 50.9 Å². The Morgan fingerprint density at radius 1 is 1.08 bits per heavy atom. The van der Waals surface area contributed by atoms with Crippen LogP contribution in [0.1, 0.15) is 44.0 Å². The molecule has 1 amide bonds. The van der Waals surface area contributed by atoms with Crippen LogP contribution in [-0.2, 0) is 35.4 Å². The van der Waals surface area contributed by atoms with E-state index in [-0.39, 0.29) is 35.6 Å². The minimum absolute atomic E-state index is 0.0737. The fraction of sp³-hybridized carbons (Fsp3) is 0.216. The molecule has 52 heavy (non-hydrogen) atoms. The highest BCUT2D eigenvalue weighted by molar-refractivity contribution is 7.80. The Kier molecular flexibility index (Phi) is 10.3.